The maximum atomic E-state index is 11.7. The molecule has 18 heavy (non-hydrogen) atoms. The average molecular weight is 257 g/mol. The van der Waals surface area contributed by atoms with Crippen LogP contribution in [0.2, 0.25) is 0 Å². The molecule has 0 aromatic rings. The van der Waals surface area contributed by atoms with Gasteiger partial charge in [0.15, 0.2) is 0 Å². The molecular formula is C13H23NO4. The van der Waals surface area contributed by atoms with E-state index in [1.165, 1.54) is 0 Å². The average Bonchev–Trinajstić information content (AvgIpc) is 2.29. The molecule has 0 spiro atoms. The Kier molecular flexibility index (Phi) is 5.95. The highest BCUT2D eigenvalue weighted by atomic mass is 16.6. The van der Waals surface area contributed by atoms with Crippen LogP contribution in [0.3, 0.4) is 0 Å². The van der Waals surface area contributed by atoms with Gasteiger partial charge in [-0.05, 0) is 39.5 Å². The van der Waals surface area contributed by atoms with Crippen LogP contribution < -0.4 is 0 Å². The summed E-state index contributed by atoms with van der Waals surface area (Å²) in [5.41, 5.74) is 0. The Balaban J connectivity index is 2.28. The minimum atomic E-state index is -0.250. The minimum Gasteiger partial charge on any atom is -0.466 e. The number of carbonyl (C=O) groups excluding carboxylic acids is 2. The van der Waals surface area contributed by atoms with E-state index in [1.54, 1.807) is 4.90 Å². The van der Waals surface area contributed by atoms with Crippen LogP contribution >= 0.6 is 0 Å². The number of amides is 1. The van der Waals surface area contributed by atoms with Gasteiger partial charge in [-0.3, -0.25) is 4.79 Å². The van der Waals surface area contributed by atoms with E-state index < -0.39 is 0 Å². The third-order valence-electron chi connectivity index (χ3n) is 2.97. The molecule has 5 nitrogen and oxygen atoms in total. The van der Waals surface area contributed by atoms with Gasteiger partial charge in [-0.1, -0.05) is 0 Å². The number of likely N-dealkylation sites (tertiary alicyclic amines) is 1. The summed E-state index contributed by atoms with van der Waals surface area (Å²) in [7, 11) is 0. The lowest BCUT2D eigenvalue weighted by atomic mass is 9.94. The summed E-state index contributed by atoms with van der Waals surface area (Å²) in [5, 5.41) is 0. The zero-order valence-corrected chi connectivity index (χ0v) is 11.5. The Bertz CT molecular complexity index is 283. The highest BCUT2D eigenvalue weighted by Gasteiger charge is 2.25. The summed E-state index contributed by atoms with van der Waals surface area (Å²) in [6.45, 7) is 7.24. The Morgan fingerprint density at radius 2 is 1.89 bits per heavy atom. The zero-order valence-electron chi connectivity index (χ0n) is 11.5. The molecule has 0 bridgehead atoms. The molecule has 1 fully saturated rings. The quantitative estimate of drug-likeness (QED) is 0.724. The Morgan fingerprint density at radius 3 is 2.39 bits per heavy atom. The Morgan fingerprint density at radius 1 is 1.28 bits per heavy atom. The van der Waals surface area contributed by atoms with E-state index in [1.807, 2.05) is 20.8 Å². The van der Waals surface area contributed by atoms with E-state index in [9.17, 15) is 9.59 Å². The number of piperidine rings is 1. The van der Waals surface area contributed by atoms with E-state index in [-0.39, 0.29) is 18.2 Å². The first kappa shape index (κ1) is 14.8. The zero-order chi connectivity index (χ0) is 13.5. The van der Waals surface area contributed by atoms with Crippen LogP contribution in [-0.4, -0.2) is 42.8 Å². The second-order valence-corrected chi connectivity index (χ2v) is 4.87. The molecule has 0 radical (unpaired) electrons. The van der Waals surface area contributed by atoms with Gasteiger partial charge < -0.3 is 14.4 Å². The van der Waals surface area contributed by atoms with Crippen LogP contribution in [-0.2, 0) is 14.3 Å². The van der Waals surface area contributed by atoms with Crippen LogP contribution in [0.4, 0.5) is 4.79 Å². The SMILES string of the molecule is CCOC(=O)CC1CCN(C(=O)OC(C)C)CC1. The maximum absolute atomic E-state index is 11.7. The van der Waals surface area contributed by atoms with Crippen molar-refractivity contribution in [1.82, 2.24) is 4.90 Å². The molecule has 1 heterocycles. The van der Waals surface area contributed by atoms with Crippen LogP contribution in [0.5, 0.6) is 0 Å². The second-order valence-electron chi connectivity index (χ2n) is 4.87. The predicted molar refractivity (Wildman–Crippen MR) is 67.2 cm³/mol. The number of nitrogens with zero attached hydrogens (tertiary/aromatic N) is 1. The lowest BCUT2D eigenvalue weighted by Crippen LogP contribution is -2.40. The first-order valence-electron chi connectivity index (χ1n) is 6.64. The van der Waals surface area contributed by atoms with Gasteiger partial charge in [-0.2, -0.15) is 0 Å². The summed E-state index contributed by atoms with van der Waals surface area (Å²) in [4.78, 5) is 24.7. The lowest BCUT2D eigenvalue weighted by molar-refractivity contribution is -0.144. The third kappa shape index (κ3) is 4.94. The van der Waals surface area contributed by atoms with Crippen LogP contribution in [0.25, 0.3) is 0 Å². The molecule has 0 aromatic heterocycles. The van der Waals surface area contributed by atoms with Crippen molar-refractivity contribution in [2.24, 2.45) is 5.92 Å². The molecule has 1 saturated heterocycles. The van der Waals surface area contributed by atoms with Crippen LogP contribution in [0, 0.1) is 5.92 Å². The van der Waals surface area contributed by atoms with Gasteiger partial charge in [-0.25, -0.2) is 4.79 Å². The summed E-state index contributed by atoms with van der Waals surface area (Å²) in [6, 6.07) is 0. The molecule has 1 rings (SSSR count). The summed E-state index contributed by atoms with van der Waals surface area (Å²) in [5.74, 6) is 0.188. The van der Waals surface area contributed by atoms with Gasteiger partial charge in [0.2, 0.25) is 0 Å². The number of hydrogen-bond donors (Lipinski definition) is 0. The van der Waals surface area contributed by atoms with Crippen molar-refractivity contribution in [3.8, 4) is 0 Å². The van der Waals surface area contributed by atoms with Crippen molar-refractivity contribution in [3.05, 3.63) is 0 Å². The summed E-state index contributed by atoms with van der Waals surface area (Å²) >= 11 is 0. The van der Waals surface area contributed by atoms with Crippen molar-refractivity contribution in [2.75, 3.05) is 19.7 Å². The van der Waals surface area contributed by atoms with Crippen molar-refractivity contribution in [2.45, 2.75) is 46.1 Å². The smallest absolute Gasteiger partial charge is 0.410 e. The summed E-state index contributed by atoms with van der Waals surface area (Å²) < 4.78 is 10.1. The van der Waals surface area contributed by atoms with Crippen molar-refractivity contribution < 1.29 is 19.1 Å². The monoisotopic (exact) mass is 257 g/mol. The van der Waals surface area contributed by atoms with Gasteiger partial charge >= 0.3 is 12.1 Å². The van der Waals surface area contributed by atoms with E-state index in [0.717, 1.165) is 12.8 Å². The van der Waals surface area contributed by atoms with E-state index in [4.69, 9.17) is 9.47 Å². The number of rotatable bonds is 4. The third-order valence-corrected chi connectivity index (χ3v) is 2.97. The molecule has 1 amide bonds. The molecular weight excluding hydrogens is 234 g/mol. The minimum absolute atomic E-state index is 0.0882. The highest BCUT2D eigenvalue weighted by Crippen LogP contribution is 2.21. The summed E-state index contributed by atoms with van der Waals surface area (Å²) in [6.07, 6.45) is 1.80. The van der Waals surface area contributed by atoms with Gasteiger partial charge in [-0.15, -0.1) is 0 Å². The Hall–Kier alpha value is -1.26. The number of carbonyl (C=O) groups is 2. The van der Waals surface area contributed by atoms with Crippen LogP contribution in [0.1, 0.15) is 40.0 Å². The number of ether oxygens (including phenoxy) is 2. The molecule has 0 N–H and O–H groups in total. The highest BCUT2D eigenvalue weighted by molar-refractivity contribution is 5.70. The molecule has 1 aliphatic heterocycles. The molecule has 0 atom stereocenters. The fraction of sp³-hybridized carbons (Fsp3) is 0.846. The maximum Gasteiger partial charge on any atom is 0.410 e. The molecule has 0 aliphatic carbocycles. The fourth-order valence-electron chi connectivity index (χ4n) is 2.05. The second kappa shape index (κ2) is 7.24. The molecule has 0 unspecified atom stereocenters. The van der Waals surface area contributed by atoms with Crippen molar-refractivity contribution >= 4 is 12.1 Å². The van der Waals surface area contributed by atoms with Crippen LogP contribution in [0.15, 0.2) is 0 Å². The van der Waals surface area contributed by atoms with Gasteiger partial charge in [0.25, 0.3) is 0 Å². The standard InChI is InChI=1S/C13H23NO4/c1-4-17-12(15)9-11-5-7-14(8-6-11)13(16)18-10(2)3/h10-11H,4-9H2,1-3H3. The normalized spacial score (nSPS) is 16.8. The first-order chi connectivity index (χ1) is 8.52. The van der Waals surface area contributed by atoms with E-state index in [2.05, 4.69) is 0 Å². The largest absolute Gasteiger partial charge is 0.466 e. The molecule has 0 aromatic carbocycles. The predicted octanol–water partition coefficient (Wildman–Crippen LogP) is 2.20. The molecule has 0 saturated carbocycles. The molecule has 1 aliphatic rings. The lowest BCUT2D eigenvalue weighted by Gasteiger charge is -2.31. The van der Waals surface area contributed by atoms with Gasteiger partial charge in [0.1, 0.15) is 0 Å². The molecule has 104 valence electrons. The van der Waals surface area contributed by atoms with E-state index >= 15 is 0 Å². The van der Waals surface area contributed by atoms with Crippen molar-refractivity contribution in [1.29, 1.82) is 0 Å². The van der Waals surface area contributed by atoms with Gasteiger partial charge in [0, 0.05) is 19.5 Å². The number of esters is 1. The Labute approximate surface area is 108 Å². The molecule has 5 heteroatoms. The first-order valence-corrected chi connectivity index (χ1v) is 6.64. The van der Waals surface area contributed by atoms with Gasteiger partial charge in [0.05, 0.1) is 12.7 Å². The topological polar surface area (TPSA) is 55.8 Å². The number of hydrogen-bond acceptors (Lipinski definition) is 4. The fourth-order valence-corrected chi connectivity index (χ4v) is 2.05. The van der Waals surface area contributed by atoms with E-state index in [0.29, 0.717) is 32.0 Å². The van der Waals surface area contributed by atoms with Crippen molar-refractivity contribution in [3.63, 3.8) is 0 Å².